The molecule has 0 amide bonds. The summed E-state index contributed by atoms with van der Waals surface area (Å²) in [6.45, 7) is 1.39. The van der Waals surface area contributed by atoms with Gasteiger partial charge in [-0.1, -0.05) is 18.2 Å². The summed E-state index contributed by atoms with van der Waals surface area (Å²) in [4.78, 5) is 12.5. The SMILES string of the molecule is CN(C)CCOc1ccccc1C=CC(=O)O.Cl. The molecule has 0 atom stereocenters. The molecular weight excluding hydrogens is 254 g/mol. The first-order valence-corrected chi connectivity index (χ1v) is 5.37. The number of halogens is 1. The monoisotopic (exact) mass is 271 g/mol. The minimum atomic E-state index is -0.965. The summed E-state index contributed by atoms with van der Waals surface area (Å²) in [5.74, 6) is -0.264. The van der Waals surface area contributed by atoms with E-state index in [-0.39, 0.29) is 12.4 Å². The van der Waals surface area contributed by atoms with Gasteiger partial charge in [0, 0.05) is 18.2 Å². The maximum absolute atomic E-state index is 10.5. The number of carboxylic acids is 1. The fraction of sp³-hybridized carbons (Fsp3) is 0.308. The van der Waals surface area contributed by atoms with Gasteiger partial charge in [0.05, 0.1) is 0 Å². The fourth-order valence-corrected chi connectivity index (χ4v) is 1.25. The molecule has 4 nitrogen and oxygen atoms in total. The summed E-state index contributed by atoms with van der Waals surface area (Å²) in [7, 11) is 3.94. The lowest BCUT2D eigenvalue weighted by atomic mass is 10.2. The van der Waals surface area contributed by atoms with Gasteiger partial charge < -0.3 is 14.7 Å². The zero-order valence-corrected chi connectivity index (χ0v) is 11.3. The van der Waals surface area contributed by atoms with Crippen molar-refractivity contribution >= 4 is 24.5 Å². The first-order valence-electron chi connectivity index (χ1n) is 5.37. The third-order valence-corrected chi connectivity index (χ3v) is 2.12. The molecule has 0 aliphatic rings. The Balaban J connectivity index is 0.00000289. The van der Waals surface area contributed by atoms with Gasteiger partial charge in [-0.05, 0) is 26.2 Å². The zero-order valence-electron chi connectivity index (χ0n) is 10.5. The highest BCUT2D eigenvalue weighted by Crippen LogP contribution is 2.19. The Hall–Kier alpha value is -1.52. The van der Waals surface area contributed by atoms with Gasteiger partial charge in [-0.15, -0.1) is 12.4 Å². The van der Waals surface area contributed by atoms with Crippen molar-refractivity contribution < 1.29 is 14.6 Å². The highest BCUT2D eigenvalue weighted by atomic mass is 35.5. The van der Waals surface area contributed by atoms with Crippen molar-refractivity contribution in [2.24, 2.45) is 0 Å². The Morgan fingerprint density at radius 3 is 2.67 bits per heavy atom. The molecule has 0 radical (unpaired) electrons. The molecule has 18 heavy (non-hydrogen) atoms. The van der Waals surface area contributed by atoms with Crippen molar-refractivity contribution in [1.82, 2.24) is 4.90 Å². The average molecular weight is 272 g/mol. The summed E-state index contributed by atoms with van der Waals surface area (Å²) in [6.07, 6.45) is 2.64. The molecule has 0 saturated heterocycles. The first kappa shape index (κ1) is 16.5. The van der Waals surface area contributed by atoms with Crippen LogP contribution in [-0.2, 0) is 4.79 Å². The van der Waals surface area contributed by atoms with Gasteiger partial charge in [0.2, 0.25) is 0 Å². The van der Waals surface area contributed by atoms with Gasteiger partial charge in [0.25, 0.3) is 0 Å². The van der Waals surface area contributed by atoms with Crippen LogP contribution in [0, 0.1) is 0 Å². The number of likely N-dealkylation sites (N-methyl/N-ethyl adjacent to an activating group) is 1. The maximum atomic E-state index is 10.5. The second-order valence-corrected chi connectivity index (χ2v) is 3.86. The van der Waals surface area contributed by atoms with Crippen LogP contribution in [0.4, 0.5) is 0 Å². The Labute approximate surface area is 113 Å². The van der Waals surface area contributed by atoms with Crippen LogP contribution in [0.3, 0.4) is 0 Å². The number of rotatable bonds is 6. The molecule has 1 aromatic carbocycles. The lowest BCUT2D eigenvalue weighted by Gasteiger charge is -2.12. The number of aliphatic carboxylic acids is 1. The van der Waals surface area contributed by atoms with E-state index in [0.29, 0.717) is 12.4 Å². The number of nitrogens with zero attached hydrogens (tertiary/aromatic N) is 1. The van der Waals surface area contributed by atoms with E-state index in [1.54, 1.807) is 0 Å². The predicted molar refractivity (Wildman–Crippen MR) is 74.4 cm³/mol. The van der Waals surface area contributed by atoms with Crippen molar-refractivity contribution in [1.29, 1.82) is 0 Å². The molecule has 0 bridgehead atoms. The summed E-state index contributed by atoms with van der Waals surface area (Å²) in [5, 5.41) is 8.58. The fourth-order valence-electron chi connectivity index (χ4n) is 1.25. The molecule has 1 rings (SSSR count). The van der Waals surface area contributed by atoms with Gasteiger partial charge in [-0.25, -0.2) is 4.79 Å². The number of hydrogen-bond acceptors (Lipinski definition) is 3. The smallest absolute Gasteiger partial charge is 0.328 e. The normalized spacial score (nSPS) is 10.4. The van der Waals surface area contributed by atoms with Crippen LogP contribution in [0.5, 0.6) is 5.75 Å². The molecular formula is C13H18ClNO3. The molecule has 0 spiro atoms. The van der Waals surface area contributed by atoms with Crippen molar-refractivity contribution in [2.45, 2.75) is 0 Å². The standard InChI is InChI=1S/C13H17NO3.ClH/c1-14(2)9-10-17-12-6-4-3-5-11(12)7-8-13(15)16;/h3-8H,9-10H2,1-2H3,(H,15,16);1H. The molecule has 0 aliphatic carbocycles. The van der Waals surface area contributed by atoms with Crippen LogP contribution in [-0.4, -0.2) is 43.2 Å². The van der Waals surface area contributed by atoms with Crippen LogP contribution in [0.25, 0.3) is 6.08 Å². The predicted octanol–water partition coefficient (Wildman–Crippen LogP) is 2.15. The lowest BCUT2D eigenvalue weighted by molar-refractivity contribution is -0.131. The molecule has 0 aromatic heterocycles. The number of hydrogen-bond donors (Lipinski definition) is 1. The van der Waals surface area contributed by atoms with E-state index >= 15 is 0 Å². The molecule has 0 unspecified atom stereocenters. The van der Waals surface area contributed by atoms with Gasteiger partial charge in [-0.2, -0.15) is 0 Å². The van der Waals surface area contributed by atoms with Crippen LogP contribution in [0.1, 0.15) is 5.56 Å². The van der Waals surface area contributed by atoms with E-state index < -0.39 is 5.97 Å². The van der Waals surface area contributed by atoms with E-state index in [2.05, 4.69) is 0 Å². The minimum Gasteiger partial charge on any atom is -0.492 e. The average Bonchev–Trinajstić information content (AvgIpc) is 2.27. The van der Waals surface area contributed by atoms with Crippen molar-refractivity contribution in [3.05, 3.63) is 35.9 Å². The van der Waals surface area contributed by atoms with Crippen LogP contribution < -0.4 is 4.74 Å². The molecule has 0 saturated carbocycles. The van der Waals surface area contributed by atoms with Gasteiger partial charge in [0.15, 0.2) is 0 Å². The molecule has 0 fully saturated rings. The number of para-hydroxylation sites is 1. The largest absolute Gasteiger partial charge is 0.492 e. The number of ether oxygens (including phenoxy) is 1. The topological polar surface area (TPSA) is 49.8 Å². The van der Waals surface area contributed by atoms with E-state index in [1.165, 1.54) is 6.08 Å². The van der Waals surface area contributed by atoms with Gasteiger partial charge >= 0.3 is 5.97 Å². The quantitative estimate of drug-likeness (QED) is 0.806. The summed E-state index contributed by atoms with van der Waals surface area (Å²) in [5.41, 5.74) is 0.772. The molecule has 5 heteroatoms. The van der Waals surface area contributed by atoms with E-state index in [4.69, 9.17) is 9.84 Å². The van der Waals surface area contributed by atoms with E-state index in [1.807, 2.05) is 43.3 Å². The van der Waals surface area contributed by atoms with Crippen molar-refractivity contribution in [3.8, 4) is 5.75 Å². The van der Waals surface area contributed by atoms with Crippen LogP contribution >= 0.6 is 12.4 Å². The second-order valence-electron chi connectivity index (χ2n) is 3.86. The van der Waals surface area contributed by atoms with Gasteiger partial charge in [-0.3, -0.25) is 0 Å². The maximum Gasteiger partial charge on any atom is 0.328 e. The third kappa shape index (κ3) is 6.27. The Morgan fingerprint density at radius 2 is 2.06 bits per heavy atom. The van der Waals surface area contributed by atoms with E-state index in [0.717, 1.165) is 18.2 Å². The minimum absolute atomic E-state index is 0. The Bertz CT molecular complexity index is 405. The zero-order chi connectivity index (χ0) is 12.7. The summed E-state index contributed by atoms with van der Waals surface area (Å²) in [6, 6.07) is 7.37. The third-order valence-electron chi connectivity index (χ3n) is 2.12. The van der Waals surface area contributed by atoms with Crippen LogP contribution in [0.15, 0.2) is 30.3 Å². The molecule has 1 N–H and O–H groups in total. The van der Waals surface area contributed by atoms with E-state index in [9.17, 15) is 4.79 Å². The Morgan fingerprint density at radius 1 is 1.39 bits per heavy atom. The van der Waals surface area contributed by atoms with Crippen molar-refractivity contribution in [3.63, 3.8) is 0 Å². The lowest BCUT2D eigenvalue weighted by Crippen LogP contribution is -2.19. The molecule has 0 heterocycles. The van der Waals surface area contributed by atoms with Crippen molar-refractivity contribution in [2.75, 3.05) is 27.2 Å². The van der Waals surface area contributed by atoms with Gasteiger partial charge in [0.1, 0.15) is 12.4 Å². The number of benzene rings is 1. The number of carboxylic acid groups (broad SMARTS) is 1. The summed E-state index contributed by atoms with van der Waals surface area (Å²) < 4.78 is 5.59. The first-order chi connectivity index (χ1) is 8.09. The molecule has 100 valence electrons. The second kappa shape index (κ2) is 8.55. The van der Waals surface area contributed by atoms with Crippen LogP contribution in [0.2, 0.25) is 0 Å². The highest BCUT2D eigenvalue weighted by Gasteiger charge is 2.00. The highest BCUT2D eigenvalue weighted by molar-refractivity contribution is 5.86. The molecule has 1 aromatic rings. The number of carbonyl (C=O) groups is 1. The summed E-state index contributed by atoms with van der Waals surface area (Å²) >= 11 is 0. The Kier molecular flexibility index (Phi) is 7.83. The molecule has 0 aliphatic heterocycles.